The van der Waals surface area contributed by atoms with Crippen molar-refractivity contribution in [1.29, 1.82) is 0 Å². The lowest BCUT2D eigenvalue weighted by Crippen LogP contribution is -2.34. The van der Waals surface area contributed by atoms with Gasteiger partial charge in [0.2, 0.25) is 0 Å². The number of benzene rings is 3. The molecule has 0 aliphatic carbocycles. The number of ether oxygens (including phenoxy) is 1. The predicted octanol–water partition coefficient (Wildman–Crippen LogP) is 4.57. The van der Waals surface area contributed by atoms with Crippen LogP contribution >= 0.6 is 12.2 Å². The lowest BCUT2D eigenvalue weighted by molar-refractivity contribution is 0.106. The lowest BCUT2D eigenvalue weighted by atomic mass is 10.1. The highest BCUT2D eigenvalue weighted by Crippen LogP contribution is 2.11. The zero-order valence-corrected chi connectivity index (χ0v) is 16.0. The predicted molar refractivity (Wildman–Crippen MR) is 114 cm³/mol. The van der Waals surface area contributed by atoms with Gasteiger partial charge in [0.1, 0.15) is 0 Å². The SMILES string of the molecule is S=C(NCc1ccccc1)NCc1ccccc1COCc1ccccc1. The average molecular weight is 377 g/mol. The van der Waals surface area contributed by atoms with E-state index in [2.05, 4.69) is 47.0 Å². The summed E-state index contributed by atoms with van der Waals surface area (Å²) in [6, 6.07) is 28.7. The normalized spacial score (nSPS) is 10.4. The Bertz CT molecular complexity index is 837. The quantitative estimate of drug-likeness (QED) is 0.564. The van der Waals surface area contributed by atoms with E-state index in [9.17, 15) is 0 Å². The molecule has 0 bridgehead atoms. The van der Waals surface area contributed by atoms with E-state index in [4.69, 9.17) is 17.0 Å². The van der Waals surface area contributed by atoms with E-state index in [-0.39, 0.29) is 0 Å². The summed E-state index contributed by atoms with van der Waals surface area (Å²) in [7, 11) is 0. The smallest absolute Gasteiger partial charge is 0.166 e. The molecule has 0 aromatic heterocycles. The van der Waals surface area contributed by atoms with E-state index in [0.29, 0.717) is 31.4 Å². The van der Waals surface area contributed by atoms with Crippen LogP contribution in [-0.2, 0) is 31.0 Å². The summed E-state index contributed by atoms with van der Waals surface area (Å²) in [5, 5.41) is 7.18. The Labute approximate surface area is 166 Å². The third kappa shape index (κ3) is 6.51. The first kappa shape index (κ1) is 19.1. The maximum absolute atomic E-state index is 5.88. The number of nitrogens with one attached hydrogen (secondary N) is 2. The Morgan fingerprint density at radius 1 is 0.630 bits per heavy atom. The Morgan fingerprint density at radius 3 is 1.89 bits per heavy atom. The van der Waals surface area contributed by atoms with Gasteiger partial charge in [0.05, 0.1) is 13.2 Å². The van der Waals surface area contributed by atoms with Gasteiger partial charge >= 0.3 is 0 Å². The fourth-order valence-corrected chi connectivity index (χ4v) is 2.88. The van der Waals surface area contributed by atoms with Gasteiger partial charge in [-0.1, -0.05) is 84.9 Å². The molecule has 3 aromatic rings. The van der Waals surface area contributed by atoms with Crippen LogP contribution in [-0.4, -0.2) is 5.11 Å². The fraction of sp³-hybridized carbons (Fsp3) is 0.174. The molecular formula is C23H24N2OS. The van der Waals surface area contributed by atoms with E-state index in [0.717, 1.165) is 0 Å². The minimum atomic E-state index is 0.580. The maximum Gasteiger partial charge on any atom is 0.166 e. The molecule has 0 unspecified atom stereocenters. The van der Waals surface area contributed by atoms with Crippen molar-refractivity contribution in [3.8, 4) is 0 Å². The second kappa shape index (κ2) is 10.5. The Hall–Kier alpha value is -2.69. The first-order valence-electron chi connectivity index (χ1n) is 9.05. The van der Waals surface area contributed by atoms with E-state index in [1.807, 2.05) is 48.5 Å². The van der Waals surface area contributed by atoms with Crippen molar-refractivity contribution in [3.63, 3.8) is 0 Å². The molecule has 0 heterocycles. The van der Waals surface area contributed by atoms with Crippen LogP contribution < -0.4 is 10.6 Å². The van der Waals surface area contributed by atoms with Crippen molar-refractivity contribution in [1.82, 2.24) is 10.6 Å². The van der Waals surface area contributed by atoms with Crippen LogP contribution in [0.5, 0.6) is 0 Å². The molecule has 0 aliphatic rings. The van der Waals surface area contributed by atoms with E-state index in [1.54, 1.807) is 0 Å². The summed E-state index contributed by atoms with van der Waals surface area (Å²) in [4.78, 5) is 0. The number of hydrogen-bond acceptors (Lipinski definition) is 2. The molecule has 4 heteroatoms. The zero-order valence-electron chi connectivity index (χ0n) is 15.2. The van der Waals surface area contributed by atoms with Crippen molar-refractivity contribution in [2.75, 3.05) is 0 Å². The maximum atomic E-state index is 5.88. The number of rotatable bonds is 8. The van der Waals surface area contributed by atoms with Gasteiger partial charge in [0, 0.05) is 13.1 Å². The van der Waals surface area contributed by atoms with Gasteiger partial charge in [0.25, 0.3) is 0 Å². The monoisotopic (exact) mass is 376 g/mol. The molecule has 27 heavy (non-hydrogen) atoms. The largest absolute Gasteiger partial charge is 0.372 e. The van der Waals surface area contributed by atoms with Crippen molar-refractivity contribution >= 4 is 17.3 Å². The minimum absolute atomic E-state index is 0.580. The third-order valence-corrected chi connectivity index (χ3v) is 4.51. The summed E-state index contributed by atoms with van der Waals surface area (Å²) < 4.78 is 5.88. The van der Waals surface area contributed by atoms with Crippen molar-refractivity contribution in [2.24, 2.45) is 0 Å². The van der Waals surface area contributed by atoms with Crippen LogP contribution in [0.3, 0.4) is 0 Å². The Morgan fingerprint density at radius 2 is 1.19 bits per heavy atom. The van der Waals surface area contributed by atoms with Crippen molar-refractivity contribution in [3.05, 3.63) is 107 Å². The topological polar surface area (TPSA) is 33.3 Å². The molecule has 0 aliphatic heterocycles. The Balaban J connectivity index is 1.46. The molecule has 2 N–H and O–H groups in total. The van der Waals surface area contributed by atoms with Gasteiger partial charge in [-0.05, 0) is 34.5 Å². The van der Waals surface area contributed by atoms with E-state index in [1.165, 1.54) is 22.3 Å². The highest BCUT2D eigenvalue weighted by Gasteiger charge is 2.04. The van der Waals surface area contributed by atoms with Gasteiger partial charge in [-0.3, -0.25) is 0 Å². The van der Waals surface area contributed by atoms with Gasteiger partial charge in [-0.2, -0.15) is 0 Å². The van der Waals surface area contributed by atoms with Gasteiger partial charge in [-0.15, -0.1) is 0 Å². The van der Waals surface area contributed by atoms with E-state index < -0.39 is 0 Å². The summed E-state index contributed by atoms with van der Waals surface area (Å²) in [6.45, 7) is 2.58. The third-order valence-electron chi connectivity index (χ3n) is 4.22. The minimum Gasteiger partial charge on any atom is -0.372 e. The molecule has 0 fully saturated rings. The molecule has 3 rings (SSSR count). The van der Waals surface area contributed by atoms with E-state index >= 15 is 0 Å². The van der Waals surface area contributed by atoms with Gasteiger partial charge in [0.15, 0.2) is 5.11 Å². The second-order valence-corrected chi connectivity index (χ2v) is 6.68. The first-order chi connectivity index (χ1) is 13.3. The van der Waals surface area contributed by atoms with Crippen LogP contribution in [0.15, 0.2) is 84.9 Å². The average Bonchev–Trinajstić information content (AvgIpc) is 2.73. The highest BCUT2D eigenvalue weighted by molar-refractivity contribution is 7.80. The fourth-order valence-electron chi connectivity index (χ4n) is 2.74. The molecule has 0 atom stereocenters. The summed E-state index contributed by atoms with van der Waals surface area (Å²) >= 11 is 5.39. The van der Waals surface area contributed by atoms with Gasteiger partial charge in [-0.25, -0.2) is 0 Å². The van der Waals surface area contributed by atoms with Crippen LogP contribution in [0.2, 0.25) is 0 Å². The number of thiocarbonyl (C=S) groups is 1. The summed E-state index contributed by atoms with van der Waals surface area (Å²) in [5.41, 5.74) is 4.75. The molecule has 0 radical (unpaired) electrons. The first-order valence-corrected chi connectivity index (χ1v) is 9.46. The number of hydrogen-bond donors (Lipinski definition) is 2. The molecular weight excluding hydrogens is 352 g/mol. The van der Waals surface area contributed by atoms with Crippen molar-refractivity contribution in [2.45, 2.75) is 26.3 Å². The van der Waals surface area contributed by atoms with Crippen LogP contribution in [0, 0.1) is 0 Å². The van der Waals surface area contributed by atoms with Crippen molar-refractivity contribution < 1.29 is 4.74 Å². The van der Waals surface area contributed by atoms with Crippen LogP contribution in [0.4, 0.5) is 0 Å². The van der Waals surface area contributed by atoms with Gasteiger partial charge < -0.3 is 15.4 Å². The molecule has 0 saturated carbocycles. The lowest BCUT2D eigenvalue weighted by Gasteiger charge is -2.14. The van der Waals surface area contributed by atoms with Crippen LogP contribution in [0.25, 0.3) is 0 Å². The zero-order chi connectivity index (χ0) is 18.7. The highest BCUT2D eigenvalue weighted by atomic mass is 32.1. The Kier molecular flexibility index (Phi) is 7.39. The second-order valence-electron chi connectivity index (χ2n) is 6.27. The molecule has 0 spiro atoms. The molecule has 0 saturated heterocycles. The standard InChI is InChI=1S/C23H24N2OS/c27-23(24-15-19-9-3-1-4-10-19)25-16-21-13-7-8-14-22(21)18-26-17-20-11-5-2-6-12-20/h1-14H,15-18H2,(H2,24,25,27). The van der Waals surface area contributed by atoms with Crippen LogP contribution in [0.1, 0.15) is 22.3 Å². The molecule has 0 amide bonds. The molecule has 138 valence electrons. The molecule has 3 nitrogen and oxygen atoms in total. The summed E-state index contributed by atoms with van der Waals surface area (Å²) in [5.74, 6) is 0. The summed E-state index contributed by atoms with van der Waals surface area (Å²) in [6.07, 6.45) is 0. The molecule has 3 aromatic carbocycles.